The standard InChI is InChI=1S/C19H15ClN2O4/c1-9-13-7-11(20)3-5-15(13)26-17(9)19(24)21-12-4-6-16-14(8-12)22-18(23)10(2)25-16/h3-8,10H,1-2H3,(H,21,24)(H,22,23)/t10-/m0/s1. The van der Waals surface area contributed by atoms with Gasteiger partial charge >= 0.3 is 0 Å². The van der Waals surface area contributed by atoms with Crippen molar-refractivity contribution < 1.29 is 18.7 Å². The number of carbonyl (C=O) groups excluding carboxylic acids is 2. The van der Waals surface area contributed by atoms with E-state index >= 15 is 0 Å². The lowest BCUT2D eigenvalue weighted by Crippen LogP contribution is -2.34. The van der Waals surface area contributed by atoms with Crippen molar-refractivity contribution in [2.75, 3.05) is 10.6 Å². The van der Waals surface area contributed by atoms with Crippen LogP contribution in [0.25, 0.3) is 11.0 Å². The fraction of sp³-hybridized carbons (Fsp3) is 0.158. The van der Waals surface area contributed by atoms with Crippen LogP contribution in [0.15, 0.2) is 40.8 Å². The van der Waals surface area contributed by atoms with Crippen LogP contribution in [-0.2, 0) is 4.79 Å². The zero-order valence-electron chi connectivity index (χ0n) is 14.1. The highest BCUT2D eigenvalue weighted by molar-refractivity contribution is 6.31. The third kappa shape index (κ3) is 2.78. The summed E-state index contributed by atoms with van der Waals surface area (Å²) in [6.07, 6.45) is -0.548. The molecule has 1 atom stereocenters. The first-order chi connectivity index (χ1) is 12.4. The van der Waals surface area contributed by atoms with Crippen molar-refractivity contribution in [1.82, 2.24) is 0 Å². The molecule has 0 spiro atoms. The highest BCUT2D eigenvalue weighted by atomic mass is 35.5. The van der Waals surface area contributed by atoms with Crippen LogP contribution in [0.3, 0.4) is 0 Å². The number of carbonyl (C=O) groups is 2. The molecule has 0 saturated heterocycles. The van der Waals surface area contributed by atoms with Crippen molar-refractivity contribution in [3.63, 3.8) is 0 Å². The monoisotopic (exact) mass is 370 g/mol. The molecule has 26 heavy (non-hydrogen) atoms. The minimum absolute atomic E-state index is 0.217. The molecule has 0 bridgehead atoms. The summed E-state index contributed by atoms with van der Waals surface area (Å²) in [5.74, 6) is 0.163. The average Bonchev–Trinajstić information content (AvgIpc) is 2.93. The Morgan fingerprint density at radius 1 is 1.23 bits per heavy atom. The van der Waals surface area contributed by atoms with Gasteiger partial charge in [0.2, 0.25) is 0 Å². The van der Waals surface area contributed by atoms with E-state index in [2.05, 4.69) is 10.6 Å². The van der Waals surface area contributed by atoms with Gasteiger partial charge in [-0.15, -0.1) is 0 Å². The predicted octanol–water partition coefficient (Wildman–Crippen LogP) is 4.37. The molecule has 2 aromatic carbocycles. The maximum Gasteiger partial charge on any atom is 0.291 e. The van der Waals surface area contributed by atoms with Gasteiger partial charge in [0, 0.05) is 21.7 Å². The summed E-state index contributed by atoms with van der Waals surface area (Å²) in [5, 5.41) is 6.90. The number of hydrogen-bond acceptors (Lipinski definition) is 4. The summed E-state index contributed by atoms with van der Waals surface area (Å²) < 4.78 is 11.2. The molecule has 2 heterocycles. The third-order valence-electron chi connectivity index (χ3n) is 4.27. The number of furan rings is 1. The Bertz CT molecular complexity index is 1060. The molecule has 2 N–H and O–H groups in total. The minimum atomic E-state index is -0.548. The van der Waals surface area contributed by atoms with Gasteiger partial charge in [0.05, 0.1) is 5.69 Å². The van der Waals surface area contributed by atoms with E-state index in [1.165, 1.54) is 0 Å². The summed E-state index contributed by atoms with van der Waals surface area (Å²) in [4.78, 5) is 24.4. The van der Waals surface area contributed by atoms with E-state index in [0.717, 1.165) is 5.39 Å². The van der Waals surface area contributed by atoms with Crippen molar-refractivity contribution in [2.24, 2.45) is 0 Å². The molecule has 0 fully saturated rings. The van der Waals surface area contributed by atoms with Crippen molar-refractivity contribution in [2.45, 2.75) is 20.0 Å². The Hall–Kier alpha value is -2.99. The van der Waals surface area contributed by atoms with Gasteiger partial charge in [0.15, 0.2) is 11.9 Å². The van der Waals surface area contributed by atoms with Crippen LogP contribution < -0.4 is 15.4 Å². The topological polar surface area (TPSA) is 80.6 Å². The highest BCUT2D eigenvalue weighted by Crippen LogP contribution is 2.33. The van der Waals surface area contributed by atoms with Gasteiger partial charge in [-0.3, -0.25) is 9.59 Å². The van der Waals surface area contributed by atoms with E-state index in [4.69, 9.17) is 20.8 Å². The van der Waals surface area contributed by atoms with E-state index in [1.807, 2.05) is 0 Å². The molecule has 1 aliphatic rings. The molecular weight excluding hydrogens is 356 g/mol. The van der Waals surface area contributed by atoms with E-state index in [9.17, 15) is 9.59 Å². The van der Waals surface area contributed by atoms with Gasteiger partial charge in [-0.05, 0) is 50.2 Å². The fourth-order valence-electron chi connectivity index (χ4n) is 2.88. The molecule has 3 aromatic rings. The van der Waals surface area contributed by atoms with Crippen LogP contribution in [0.4, 0.5) is 11.4 Å². The second-order valence-corrected chi connectivity index (χ2v) is 6.55. The van der Waals surface area contributed by atoms with Gasteiger partial charge in [-0.2, -0.15) is 0 Å². The maximum absolute atomic E-state index is 12.6. The number of ether oxygens (including phenoxy) is 1. The Morgan fingerprint density at radius 2 is 2.04 bits per heavy atom. The van der Waals surface area contributed by atoms with E-state index in [-0.39, 0.29) is 17.6 Å². The van der Waals surface area contributed by atoms with Crippen LogP contribution in [0.5, 0.6) is 5.75 Å². The second-order valence-electron chi connectivity index (χ2n) is 6.11. The summed E-state index contributed by atoms with van der Waals surface area (Å²) in [6.45, 7) is 3.48. The first kappa shape index (κ1) is 16.5. The maximum atomic E-state index is 12.6. The second kappa shape index (κ2) is 6.07. The quantitative estimate of drug-likeness (QED) is 0.702. The van der Waals surface area contributed by atoms with Gasteiger partial charge in [0.1, 0.15) is 11.3 Å². The number of nitrogens with one attached hydrogen (secondary N) is 2. The summed E-state index contributed by atoms with van der Waals surface area (Å²) >= 11 is 6.01. The number of hydrogen-bond donors (Lipinski definition) is 2. The number of amides is 2. The van der Waals surface area contributed by atoms with Crippen LogP contribution in [-0.4, -0.2) is 17.9 Å². The molecule has 7 heteroatoms. The fourth-order valence-corrected chi connectivity index (χ4v) is 3.06. The van der Waals surface area contributed by atoms with Crippen LogP contribution in [0.1, 0.15) is 23.0 Å². The van der Waals surface area contributed by atoms with Crippen molar-refractivity contribution in [3.05, 3.63) is 52.7 Å². The van der Waals surface area contributed by atoms with Gasteiger partial charge in [0.25, 0.3) is 11.8 Å². The van der Waals surface area contributed by atoms with Crippen LogP contribution in [0, 0.1) is 6.92 Å². The van der Waals surface area contributed by atoms with E-state index in [0.29, 0.717) is 33.3 Å². The third-order valence-corrected chi connectivity index (χ3v) is 4.51. The normalized spacial score (nSPS) is 16.0. The molecule has 6 nitrogen and oxygen atoms in total. The smallest absolute Gasteiger partial charge is 0.291 e. The number of aryl methyl sites for hydroxylation is 1. The van der Waals surface area contributed by atoms with Crippen molar-refractivity contribution in [3.8, 4) is 5.75 Å². The number of benzene rings is 2. The molecule has 0 saturated carbocycles. The lowest BCUT2D eigenvalue weighted by molar-refractivity contribution is -0.122. The lowest BCUT2D eigenvalue weighted by Gasteiger charge is -2.23. The average molecular weight is 371 g/mol. The zero-order valence-corrected chi connectivity index (χ0v) is 14.8. The van der Waals surface area contributed by atoms with Crippen LogP contribution >= 0.6 is 11.6 Å². The Labute approximate surface area is 154 Å². The van der Waals surface area contributed by atoms with Crippen molar-refractivity contribution in [1.29, 1.82) is 0 Å². The number of anilines is 2. The first-order valence-electron chi connectivity index (χ1n) is 8.04. The number of halogens is 1. The number of rotatable bonds is 2. The molecule has 0 unspecified atom stereocenters. The zero-order chi connectivity index (χ0) is 18.4. The molecule has 0 radical (unpaired) electrons. The summed E-state index contributed by atoms with van der Waals surface area (Å²) in [7, 11) is 0. The minimum Gasteiger partial charge on any atom is -0.479 e. The Morgan fingerprint density at radius 3 is 2.85 bits per heavy atom. The lowest BCUT2D eigenvalue weighted by atomic mass is 10.1. The van der Waals surface area contributed by atoms with Gasteiger partial charge < -0.3 is 19.8 Å². The molecule has 2 amide bonds. The molecule has 0 aliphatic carbocycles. The van der Waals surface area contributed by atoms with E-state index < -0.39 is 6.10 Å². The van der Waals surface area contributed by atoms with Crippen LogP contribution in [0.2, 0.25) is 5.02 Å². The van der Waals surface area contributed by atoms with Gasteiger partial charge in [-0.1, -0.05) is 11.6 Å². The Balaban J connectivity index is 1.62. The SMILES string of the molecule is Cc1c(C(=O)Nc2ccc3c(c2)NC(=O)[C@H](C)O3)oc2ccc(Cl)cc12. The predicted molar refractivity (Wildman–Crippen MR) is 99.1 cm³/mol. The van der Waals surface area contributed by atoms with Crippen molar-refractivity contribution >= 4 is 45.8 Å². The highest BCUT2D eigenvalue weighted by Gasteiger charge is 2.24. The molecule has 1 aliphatic heterocycles. The largest absolute Gasteiger partial charge is 0.479 e. The Kier molecular flexibility index (Phi) is 3.85. The summed E-state index contributed by atoms with van der Waals surface area (Å²) in [5.41, 5.74) is 2.34. The summed E-state index contributed by atoms with van der Waals surface area (Å²) in [6, 6.07) is 10.3. The molecule has 132 valence electrons. The van der Waals surface area contributed by atoms with Gasteiger partial charge in [-0.25, -0.2) is 0 Å². The molecule has 4 rings (SSSR count). The molecular formula is C19H15ClN2O4. The van der Waals surface area contributed by atoms with E-state index in [1.54, 1.807) is 50.2 Å². The number of fused-ring (bicyclic) bond motifs is 2. The molecule has 1 aromatic heterocycles. The first-order valence-corrected chi connectivity index (χ1v) is 8.42.